The molecule has 1 aliphatic heterocycles. The molecule has 1 unspecified atom stereocenters. The summed E-state index contributed by atoms with van der Waals surface area (Å²) in [5, 5.41) is 9.95. The first-order valence-corrected chi connectivity index (χ1v) is 12.2. The van der Waals surface area contributed by atoms with Crippen molar-refractivity contribution in [2.75, 3.05) is 0 Å². The van der Waals surface area contributed by atoms with Crippen molar-refractivity contribution >= 4 is 33.8 Å². The number of ether oxygens (including phenoxy) is 4. The number of alkyl halides is 1. The molecule has 188 valence electrons. The Labute approximate surface area is 221 Å². The summed E-state index contributed by atoms with van der Waals surface area (Å²) < 4.78 is 21.1. The Morgan fingerprint density at radius 3 is 1.70 bits per heavy atom. The molecule has 0 amide bonds. The van der Waals surface area contributed by atoms with Crippen LogP contribution in [0.3, 0.4) is 0 Å². The minimum atomic E-state index is -1.88. The SMILES string of the molecule is C[C@@H](OC(=O)c1ccccc1)[C@H]1OC(Br)(C#N)[C@H](OC(=O)c2ccccc2)[C@@H]1OC(=O)c1ccccc1. The molecule has 0 aromatic heterocycles. The number of hydrogen-bond donors (Lipinski definition) is 0. The van der Waals surface area contributed by atoms with Gasteiger partial charge in [-0.2, -0.15) is 5.26 Å². The third kappa shape index (κ3) is 5.88. The number of benzene rings is 3. The van der Waals surface area contributed by atoms with Crippen LogP contribution in [0.15, 0.2) is 91.0 Å². The summed E-state index contributed by atoms with van der Waals surface area (Å²) in [6, 6.07) is 26.6. The largest absolute Gasteiger partial charge is 0.456 e. The van der Waals surface area contributed by atoms with E-state index < -0.39 is 46.8 Å². The highest BCUT2D eigenvalue weighted by Crippen LogP contribution is 2.42. The molecule has 0 spiro atoms. The van der Waals surface area contributed by atoms with Gasteiger partial charge in [-0.05, 0) is 59.3 Å². The minimum Gasteiger partial charge on any atom is -0.456 e. The van der Waals surface area contributed by atoms with E-state index >= 15 is 0 Å². The van der Waals surface area contributed by atoms with Crippen LogP contribution in [0.5, 0.6) is 0 Å². The van der Waals surface area contributed by atoms with Crippen LogP contribution in [0.4, 0.5) is 0 Å². The second-order valence-electron chi connectivity index (χ2n) is 8.24. The molecule has 9 heteroatoms. The number of nitriles is 1. The van der Waals surface area contributed by atoms with Gasteiger partial charge in [-0.3, -0.25) is 0 Å². The van der Waals surface area contributed by atoms with E-state index in [1.807, 2.05) is 6.07 Å². The van der Waals surface area contributed by atoms with Crippen LogP contribution in [0.2, 0.25) is 0 Å². The smallest absolute Gasteiger partial charge is 0.338 e. The van der Waals surface area contributed by atoms with Crippen LogP contribution in [0.25, 0.3) is 0 Å². The summed E-state index contributed by atoms with van der Waals surface area (Å²) >= 11 is 3.23. The Balaban J connectivity index is 1.64. The Morgan fingerprint density at radius 2 is 1.24 bits per heavy atom. The molecule has 0 N–H and O–H groups in total. The first kappa shape index (κ1) is 26.1. The van der Waals surface area contributed by atoms with Gasteiger partial charge in [0, 0.05) is 0 Å². The molecule has 1 heterocycles. The lowest BCUT2D eigenvalue weighted by molar-refractivity contribution is -0.0719. The van der Waals surface area contributed by atoms with Crippen LogP contribution >= 0.6 is 15.9 Å². The average molecular weight is 564 g/mol. The number of halogens is 1. The van der Waals surface area contributed by atoms with Gasteiger partial charge in [-0.25, -0.2) is 14.4 Å². The predicted octanol–water partition coefficient (Wildman–Crippen LogP) is 4.70. The molecule has 5 atom stereocenters. The summed E-state index contributed by atoms with van der Waals surface area (Å²) in [6.45, 7) is 1.54. The first-order chi connectivity index (χ1) is 17.8. The van der Waals surface area contributed by atoms with Crippen LogP contribution in [0, 0.1) is 11.3 Å². The quantitative estimate of drug-likeness (QED) is 0.231. The van der Waals surface area contributed by atoms with Crippen molar-refractivity contribution < 1.29 is 33.3 Å². The Kier molecular flexibility index (Phi) is 8.01. The van der Waals surface area contributed by atoms with Crippen molar-refractivity contribution in [1.82, 2.24) is 0 Å². The zero-order valence-electron chi connectivity index (χ0n) is 19.7. The molecular formula is C28H22BrNO7. The van der Waals surface area contributed by atoms with Crippen LogP contribution in [-0.4, -0.2) is 46.8 Å². The van der Waals surface area contributed by atoms with Crippen molar-refractivity contribution in [3.05, 3.63) is 108 Å². The molecule has 37 heavy (non-hydrogen) atoms. The monoisotopic (exact) mass is 563 g/mol. The molecule has 3 aromatic rings. The van der Waals surface area contributed by atoms with Gasteiger partial charge in [0.25, 0.3) is 4.51 Å². The fourth-order valence-electron chi connectivity index (χ4n) is 3.84. The van der Waals surface area contributed by atoms with Crippen molar-refractivity contribution in [1.29, 1.82) is 5.26 Å². The highest BCUT2D eigenvalue weighted by atomic mass is 79.9. The van der Waals surface area contributed by atoms with Gasteiger partial charge in [0.15, 0.2) is 12.2 Å². The molecule has 3 aromatic carbocycles. The van der Waals surface area contributed by atoms with E-state index in [0.29, 0.717) is 5.56 Å². The van der Waals surface area contributed by atoms with Gasteiger partial charge >= 0.3 is 17.9 Å². The van der Waals surface area contributed by atoms with E-state index in [2.05, 4.69) is 15.9 Å². The number of nitrogens with zero attached hydrogens (tertiary/aromatic N) is 1. The van der Waals surface area contributed by atoms with Gasteiger partial charge in [0.05, 0.1) is 16.7 Å². The molecular weight excluding hydrogens is 542 g/mol. The molecule has 4 rings (SSSR count). The fraction of sp³-hybridized carbons (Fsp3) is 0.214. The van der Waals surface area contributed by atoms with Crippen molar-refractivity contribution in [3.63, 3.8) is 0 Å². The highest BCUT2D eigenvalue weighted by molar-refractivity contribution is 9.10. The minimum absolute atomic E-state index is 0.232. The normalized spacial score (nSPS) is 23.3. The molecule has 8 nitrogen and oxygen atoms in total. The number of esters is 3. The summed E-state index contributed by atoms with van der Waals surface area (Å²) in [6.07, 6.45) is -4.82. The first-order valence-electron chi connectivity index (χ1n) is 11.4. The van der Waals surface area contributed by atoms with E-state index in [1.54, 1.807) is 97.9 Å². The standard InChI is InChI=1S/C28H22BrNO7/c1-18(34-25(31)19-11-5-2-6-12-19)22-23(35-26(32)20-13-7-3-8-14-20)24(28(29,17-30)37-22)36-27(33)21-15-9-4-10-16-21/h2-16,18,22-24H,1H3/t18-,22-,23-,24-,28?/m1/s1. The lowest BCUT2D eigenvalue weighted by Gasteiger charge is -2.27. The maximum Gasteiger partial charge on any atom is 0.338 e. The van der Waals surface area contributed by atoms with E-state index in [-0.39, 0.29) is 11.1 Å². The second-order valence-corrected chi connectivity index (χ2v) is 9.42. The lowest BCUT2D eigenvalue weighted by Crippen LogP contribution is -2.46. The fourth-order valence-corrected chi connectivity index (χ4v) is 4.41. The van der Waals surface area contributed by atoms with Crippen molar-refractivity contribution in [2.24, 2.45) is 0 Å². The van der Waals surface area contributed by atoms with Crippen molar-refractivity contribution in [2.45, 2.75) is 35.8 Å². The van der Waals surface area contributed by atoms with Gasteiger partial charge in [-0.1, -0.05) is 54.6 Å². The zero-order valence-corrected chi connectivity index (χ0v) is 21.2. The molecule has 0 radical (unpaired) electrons. The molecule has 0 saturated carbocycles. The Morgan fingerprint density at radius 1 is 0.811 bits per heavy atom. The highest BCUT2D eigenvalue weighted by Gasteiger charge is 2.61. The summed E-state index contributed by atoms with van der Waals surface area (Å²) in [5.41, 5.74) is 0.783. The molecule has 1 fully saturated rings. The van der Waals surface area contributed by atoms with E-state index in [9.17, 15) is 19.6 Å². The Bertz CT molecular complexity index is 1300. The van der Waals surface area contributed by atoms with Gasteiger partial charge in [-0.15, -0.1) is 0 Å². The summed E-state index contributed by atoms with van der Waals surface area (Å²) in [7, 11) is 0. The van der Waals surface area contributed by atoms with E-state index in [0.717, 1.165) is 0 Å². The number of carbonyl (C=O) groups is 3. The molecule has 1 saturated heterocycles. The predicted molar refractivity (Wildman–Crippen MR) is 135 cm³/mol. The third-order valence-corrected chi connectivity index (χ3v) is 6.52. The number of rotatable bonds is 7. The average Bonchev–Trinajstić information content (AvgIpc) is 3.21. The zero-order chi connectivity index (χ0) is 26.4. The van der Waals surface area contributed by atoms with Gasteiger partial charge in [0.2, 0.25) is 0 Å². The third-order valence-electron chi connectivity index (χ3n) is 5.71. The molecule has 1 aliphatic rings. The summed E-state index contributed by atoms with van der Waals surface area (Å²) in [4.78, 5) is 38.6. The van der Waals surface area contributed by atoms with Gasteiger partial charge < -0.3 is 18.9 Å². The van der Waals surface area contributed by atoms with E-state index in [1.165, 1.54) is 0 Å². The topological polar surface area (TPSA) is 112 Å². The Hall–Kier alpha value is -4.00. The van der Waals surface area contributed by atoms with E-state index in [4.69, 9.17) is 18.9 Å². The van der Waals surface area contributed by atoms with Gasteiger partial charge in [0.1, 0.15) is 18.3 Å². The maximum atomic E-state index is 13.0. The number of hydrogen-bond acceptors (Lipinski definition) is 8. The lowest BCUT2D eigenvalue weighted by atomic mass is 10.0. The molecule has 0 aliphatic carbocycles. The van der Waals surface area contributed by atoms with Crippen LogP contribution in [-0.2, 0) is 18.9 Å². The summed E-state index contributed by atoms with van der Waals surface area (Å²) in [5.74, 6) is -2.11. The maximum absolute atomic E-state index is 13.0. The van der Waals surface area contributed by atoms with Crippen molar-refractivity contribution in [3.8, 4) is 6.07 Å². The van der Waals surface area contributed by atoms with Crippen LogP contribution < -0.4 is 0 Å². The second kappa shape index (κ2) is 11.4. The van der Waals surface area contributed by atoms with Crippen LogP contribution in [0.1, 0.15) is 38.0 Å². The molecule has 0 bridgehead atoms. The number of carbonyl (C=O) groups excluding carboxylic acids is 3.